The van der Waals surface area contributed by atoms with Gasteiger partial charge in [-0.2, -0.15) is 0 Å². The Hall–Kier alpha value is -0.430. The summed E-state index contributed by atoms with van der Waals surface area (Å²) < 4.78 is 13.1. The van der Waals surface area contributed by atoms with Crippen molar-refractivity contribution in [3.05, 3.63) is 35.6 Å². The first-order chi connectivity index (χ1) is 11.7. The minimum atomic E-state index is -0.167. The molecule has 150 valence electrons. The third kappa shape index (κ3) is 6.32. The summed E-state index contributed by atoms with van der Waals surface area (Å²) in [5, 5.41) is 12.9. The van der Waals surface area contributed by atoms with Gasteiger partial charge in [0.1, 0.15) is 5.82 Å². The highest BCUT2D eigenvalue weighted by Crippen LogP contribution is 2.24. The molecular weight excluding hydrogens is 376 g/mol. The average Bonchev–Trinajstić information content (AvgIpc) is 2.55. The topological polar surface area (TPSA) is 38.7 Å². The summed E-state index contributed by atoms with van der Waals surface area (Å²) in [6.07, 6.45) is 2.85. The van der Waals surface area contributed by atoms with Gasteiger partial charge in [0.25, 0.3) is 0 Å². The van der Waals surface area contributed by atoms with E-state index in [0.717, 1.165) is 58.5 Å². The molecule has 0 aromatic heterocycles. The quantitative estimate of drug-likeness (QED) is 0.728. The van der Waals surface area contributed by atoms with E-state index in [9.17, 15) is 9.50 Å². The fourth-order valence-electron chi connectivity index (χ4n) is 3.91. The maximum absolute atomic E-state index is 13.1. The van der Waals surface area contributed by atoms with Crippen LogP contribution in [0.5, 0.6) is 0 Å². The predicted molar refractivity (Wildman–Crippen MR) is 109 cm³/mol. The monoisotopic (exact) mass is 407 g/mol. The summed E-state index contributed by atoms with van der Waals surface area (Å²) in [5.41, 5.74) is 1.22. The average molecular weight is 408 g/mol. The molecule has 0 saturated carbocycles. The molecule has 7 heteroatoms. The fourth-order valence-corrected chi connectivity index (χ4v) is 3.91. The van der Waals surface area contributed by atoms with Crippen LogP contribution in [0, 0.1) is 5.82 Å². The maximum Gasteiger partial charge on any atom is 0.123 e. The number of aliphatic hydroxyl groups is 1. The van der Waals surface area contributed by atoms with Gasteiger partial charge in [0.15, 0.2) is 0 Å². The molecular formula is C19H32Cl2FN3O. The van der Waals surface area contributed by atoms with Gasteiger partial charge in [-0.3, -0.25) is 4.90 Å². The molecule has 4 nitrogen and oxygen atoms in total. The van der Waals surface area contributed by atoms with E-state index < -0.39 is 0 Å². The highest BCUT2D eigenvalue weighted by molar-refractivity contribution is 5.85. The molecule has 26 heavy (non-hydrogen) atoms. The lowest BCUT2D eigenvalue weighted by Gasteiger charge is -2.47. The van der Waals surface area contributed by atoms with Crippen molar-refractivity contribution in [1.29, 1.82) is 0 Å². The Labute approximate surface area is 168 Å². The Kier molecular flexibility index (Phi) is 10.4. The Morgan fingerprint density at radius 3 is 2.35 bits per heavy atom. The highest BCUT2D eigenvalue weighted by atomic mass is 35.5. The van der Waals surface area contributed by atoms with Crippen LogP contribution in [-0.4, -0.2) is 73.4 Å². The minimum Gasteiger partial charge on any atom is -0.393 e. The molecule has 2 aliphatic heterocycles. The van der Waals surface area contributed by atoms with Gasteiger partial charge in [-0.15, -0.1) is 24.8 Å². The van der Waals surface area contributed by atoms with Crippen LogP contribution in [0.1, 0.15) is 30.7 Å². The number of rotatable bonds is 7. The number of piperidine rings is 1. The number of likely N-dealkylation sites (tertiary alicyclic amines) is 2. The second-order valence-electron chi connectivity index (χ2n) is 7.28. The zero-order valence-corrected chi connectivity index (χ0v) is 17.1. The summed E-state index contributed by atoms with van der Waals surface area (Å²) in [6.45, 7) is 6.39. The standard InChI is InChI=1S/C19H30FN3O.2ClH/c1-21-12-16(15-2-4-17(20)5-3-15)6-9-22-13-18(14-22)23-10-7-19(24)8-11-23;;/h2-5,16,18-19,21,24H,6-14H2,1H3;2*1H. The van der Waals surface area contributed by atoms with Crippen LogP contribution >= 0.6 is 24.8 Å². The smallest absolute Gasteiger partial charge is 0.123 e. The summed E-state index contributed by atoms with van der Waals surface area (Å²) >= 11 is 0. The van der Waals surface area contributed by atoms with E-state index >= 15 is 0 Å². The van der Waals surface area contributed by atoms with Crippen molar-refractivity contribution in [2.45, 2.75) is 37.3 Å². The van der Waals surface area contributed by atoms with Gasteiger partial charge >= 0.3 is 0 Å². The number of aliphatic hydroxyl groups excluding tert-OH is 1. The van der Waals surface area contributed by atoms with Gasteiger partial charge in [0.05, 0.1) is 6.10 Å². The lowest BCUT2D eigenvalue weighted by atomic mass is 9.94. The van der Waals surface area contributed by atoms with E-state index in [-0.39, 0.29) is 36.7 Å². The molecule has 0 bridgehead atoms. The number of benzene rings is 1. The van der Waals surface area contributed by atoms with Crippen molar-refractivity contribution < 1.29 is 9.50 Å². The van der Waals surface area contributed by atoms with Crippen molar-refractivity contribution in [3.8, 4) is 0 Å². The van der Waals surface area contributed by atoms with Crippen molar-refractivity contribution in [1.82, 2.24) is 15.1 Å². The zero-order valence-electron chi connectivity index (χ0n) is 15.4. The first kappa shape index (κ1) is 23.6. The van der Waals surface area contributed by atoms with E-state index in [1.165, 1.54) is 5.56 Å². The lowest BCUT2D eigenvalue weighted by Crippen LogP contribution is -2.61. The largest absolute Gasteiger partial charge is 0.393 e. The van der Waals surface area contributed by atoms with Crippen molar-refractivity contribution in [2.24, 2.45) is 0 Å². The van der Waals surface area contributed by atoms with E-state index in [1.807, 2.05) is 19.2 Å². The second-order valence-corrected chi connectivity index (χ2v) is 7.28. The molecule has 2 aliphatic rings. The molecule has 0 aliphatic carbocycles. The van der Waals surface area contributed by atoms with Gasteiger partial charge < -0.3 is 15.3 Å². The van der Waals surface area contributed by atoms with Gasteiger partial charge in [0, 0.05) is 38.8 Å². The van der Waals surface area contributed by atoms with Crippen LogP contribution < -0.4 is 5.32 Å². The van der Waals surface area contributed by atoms with Crippen molar-refractivity contribution in [3.63, 3.8) is 0 Å². The number of likely N-dealkylation sites (N-methyl/N-ethyl adjacent to an activating group) is 1. The van der Waals surface area contributed by atoms with E-state index in [4.69, 9.17) is 0 Å². The molecule has 2 N–H and O–H groups in total. The number of halogens is 3. The zero-order chi connectivity index (χ0) is 16.9. The van der Waals surface area contributed by atoms with Gasteiger partial charge in [-0.25, -0.2) is 4.39 Å². The second kappa shape index (κ2) is 11.4. The molecule has 0 amide bonds. The van der Waals surface area contributed by atoms with Crippen LogP contribution in [-0.2, 0) is 0 Å². The molecule has 1 aromatic rings. The summed E-state index contributed by atoms with van der Waals surface area (Å²) in [5.74, 6) is 0.263. The number of nitrogens with one attached hydrogen (secondary N) is 1. The molecule has 2 saturated heterocycles. The lowest BCUT2D eigenvalue weighted by molar-refractivity contribution is -0.00520. The first-order valence-electron chi connectivity index (χ1n) is 9.20. The SMILES string of the molecule is CNCC(CCN1CC(N2CCC(O)CC2)C1)c1ccc(F)cc1.Cl.Cl. The van der Waals surface area contributed by atoms with Gasteiger partial charge in [-0.1, -0.05) is 12.1 Å². The number of hydrogen-bond donors (Lipinski definition) is 2. The first-order valence-corrected chi connectivity index (χ1v) is 9.20. The van der Waals surface area contributed by atoms with Crippen molar-refractivity contribution in [2.75, 3.05) is 46.3 Å². The minimum absolute atomic E-state index is 0. The molecule has 2 heterocycles. The maximum atomic E-state index is 13.1. The van der Waals surface area contributed by atoms with Gasteiger partial charge in [0.2, 0.25) is 0 Å². The molecule has 1 aromatic carbocycles. The molecule has 0 radical (unpaired) electrons. The van der Waals surface area contributed by atoms with Gasteiger partial charge in [-0.05, 0) is 56.5 Å². The number of nitrogens with zero attached hydrogens (tertiary/aromatic N) is 2. The molecule has 1 atom stereocenters. The van der Waals surface area contributed by atoms with Crippen molar-refractivity contribution >= 4 is 24.8 Å². The van der Waals surface area contributed by atoms with Crippen LogP contribution in [0.25, 0.3) is 0 Å². The van der Waals surface area contributed by atoms with Crippen LogP contribution in [0.2, 0.25) is 0 Å². The molecule has 1 unspecified atom stereocenters. The molecule has 0 spiro atoms. The number of hydrogen-bond acceptors (Lipinski definition) is 4. The fraction of sp³-hybridized carbons (Fsp3) is 0.684. The summed E-state index contributed by atoms with van der Waals surface area (Å²) in [4.78, 5) is 5.05. The van der Waals surface area contributed by atoms with E-state index in [1.54, 1.807) is 12.1 Å². The van der Waals surface area contributed by atoms with E-state index in [0.29, 0.717) is 12.0 Å². The Balaban J connectivity index is 0.00000169. The Morgan fingerprint density at radius 2 is 1.77 bits per heavy atom. The third-order valence-corrected chi connectivity index (χ3v) is 5.54. The normalized spacial score (nSPS) is 20.7. The molecule has 2 fully saturated rings. The molecule has 3 rings (SSSR count). The van der Waals surface area contributed by atoms with E-state index in [2.05, 4.69) is 15.1 Å². The predicted octanol–water partition coefficient (Wildman–Crippen LogP) is 2.50. The van der Waals surface area contributed by atoms with Crippen LogP contribution in [0.15, 0.2) is 24.3 Å². The highest BCUT2D eigenvalue weighted by Gasteiger charge is 2.33. The summed E-state index contributed by atoms with van der Waals surface area (Å²) in [6, 6.07) is 7.61. The Bertz CT molecular complexity index is 506. The van der Waals surface area contributed by atoms with Crippen LogP contribution in [0.4, 0.5) is 4.39 Å². The third-order valence-electron chi connectivity index (χ3n) is 5.54. The Morgan fingerprint density at radius 1 is 1.15 bits per heavy atom. The summed E-state index contributed by atoms with van der Waals surface area (Å²) in [7, 11) is 1.97. The van der Waals surface area contributed by atoms with Crippen LogP contribution in [0.3, 0.4) is 0 Å².